The van der Waals surface area contributed by atoms with Gasteiger partial charge in [-0.25, -0.2) is 4.79 Å². The summed E-state index contributed by atoms with van der Waals surface area (Å²) in [6, 6.07) is 7.88. The first-order chi connectivity index (χ1) is 5.74. The van der Waals surface area contributed by atoms with Crippen molar-refractivity contribution >= 4 is 6.08 Å². The molecule has 0 fully saturated rings. The van der Waals surface area contributed by atoms with Crippen LogP contribution in [-0.2, 0) is 4.79 Å². The van der Waals surface area contributed by atoms with E-state index in [9.17, 15) is 4.79 Å². The minimum Gasteiger partial charge on any atom is -0.211 e. The molecule has 1 unspecified atom stereocenters. The van der Waals surface area contributed by atoms with E-state index >= 15 is 0 Å². The van der Waals surface area contributed by atoms with Crippen LogP contribution in [0.4, 0.5) is 0 Å². The topological polar surface area (TPSA) is 29.4 Å². The highest BCUT2D eigenvalue weighted by molar-refractivity contribution is 5.35. The largest absolute Gasteiger partial charge is 0.235 e. The number of aliphatic imine (C=N–C) groups is 1. The van der Waals surface area contributed by atoms with Gasteiger partial charge in [-0.1, -0.05) is 29.8 Å². The first-order valence-electron chi connectivity index (χ1n) is 3.87. The van der Waals surface area contributed by atoms with E-state index in [2.05, 4.69) is 4.99 Å². The van der Waals surface area contributed by atoms with Gasteiger partial charge in [0.15, 0.2) is 0 Å². The lowest BCUT2D eigenvalue weighted by atomic mass is 10.1. The molecule has 0 heterocycles. The third-order valence-electron chi connectivity index (χ3n) is 1.81. The fourth-order valence-corrected chi connectivity index (χ4v) is 0.999. The second-order valence-electron chi connectivity index (χ2n) is 2.81. The zero-order valence-electron chi connectivity index (χ0n) is 7.24. The van der Waals surface area contributed by atoms with Crippen LogP contribution in [-0.4, -0.2) is 6.08 Å². The molecule has 12 heavy (non-hydrogen) atoms. The van der Waals surface area contributed by atoms with Crippen LogP contribution in [0.5, 0.6) is 0 Å². The molecule has 0 spiro atoms. The molecule has 1 rings (SSSR count). The summed E-state index contributed by atoms with van der Waals surface area (Å²) in [7, 11) is 0. The normalized spacial score (nSPS) is 11.8. The van der Waals surface area contributed by atoms with Gasteiger partial charge in [0, 0.05) is 0 Å². The molecule has 1 aromatic carbocycles. The fraction of sp³-hybridized carbons (Fsp3) is 0.300. The van der Waals surface area contributed by atoms with Crippen LogP contribution in [0.3, 0.4) is 0 Å². The van der Waals surface area contributed by atoms with Gasteiger partial charge in [0.1, 0.15) is 0 Å². The number of nitrogens with zero attached hydrogens (tertiary/aromatic N) is 1. The van der Waals surface area contributed by atoms with Crippen LogP contribution in [0.15, 0.2) is 29.3 Å². The van der Waals surface area contributed by atoms with E-state index in [4.69, 9.17) is 0 Å². The smallest absolute Gasteiger partial charge is 0.211 e. The quantitative estimate of drug-likeness (QED) is 0.483. The zero-order valence-corrected chi connectivity index (χ0v) is 7.24. The van der Waals surface area contributed by atoms with E-state index < -0.39 is 0 Å². The Kier molecular flexibility index (Phi) is 2.78. The van der Waals surface area contributed by atoms with Gasteiger partial charge in [0.25, 0.3) is 0 Å². The number of isocyanates is 1. The minimum absolute atomic E-state index is 0.0805. The molecular weight excluding hydrogens is 150 g/mol. The number of hydrogen-bond acceptors (Lipinski definition) is 2. The summed E-state index contributed by atoms with van der Waals surface area (Å²) in [5.41, 5.74) is 2.25. The monoisotopic (exact) mass is 161 g/mol. The van der Waals surface area contributed by atoms with Gasteiger partial charge in [-0.3, -0.25) is 0 Å². The molecule has 0 aliphatic rings. The van der Waals surface area contributed by atoms with Crippen molar-refractivity contribution in [2.24, 2.45) is 4.99 Å². The lowest BCUT2D eigenvalue weighted by molar-refractivity contribution is 0.559. The van der Waals surface area contributed by atoms with E-state index in [0.29, 0.717) is 0 Å². The van der Waals surface area contributed by atoms with Crippen molar-refractivity contribution in [3.05, 3.63) is 35.4 Å². The van der Waals surface area contributed by atoms with Gasteiger partial charge in [-0.2, -0.15) is 4.99 Å². The van der Waals surface area contributed by atoms with Gasteiger partial charge < -0.3 is 0 Å². The Bertz CT molecular complexity index is 296. The summed E-state index contributed by atoms with van der Waals surface area (Å²) < 4.78 is 0. The van der Waals surface area contributed by atoms with Gasteiger partial charge in [0.05, 0.1) is 6.04 Å². The van der Waals surface area contributed by atoms with Crippen LogP contribution in [0.1, 0.15) is 24.1 Å². The SMILES string of the molecule is Cc1ccc(C(C)N=C=O)cc1. The third-order valence-corrected chi connectivity index (χ3v) is 1.81. The maximum Gasteiger partial charge on any atom is 0.235 e. The summed E-state index contributed by atoms with van der Waals surface area (Å²) in [5.74, 6) is 0. The number of carbonyl (C=O) groups excluding carboxylic acids is 1. The first-order valence-corrected chi connectivity index (χ1v) is 3.87. The molecule has 1 atom stereocenters. The summed E-state index contributed by atoms with van der Waals surface area (Å²) in [6.45, 7) is 3.90. The van der Waals surface area contributed by atoms with Gasteiger partial charge in [-0.15, -0.1) is 0 Å². The molecule has 2 heteroatoms. The van der Waals surface area contributed by atoms with Crippen molar-refractivity contribution in [3.63, 3.8) is 0 Å². The maximum absolute atomic E-state index is 9.96. The maximum atomic E-state index is 9.96. The van der Waals surface area contributed by atoms with Gasteiger partial charge in [0.2, 0.25) is 6.08 Å². The Morgan fingerprint density at radius 3 is 2.42 bits per heavy atom. The molecule has 2 nitrogen and oxygen atoms in total. The molecule has 0 radical (unpaired) electrons. The molecule has 0 amide bonds. The predicted octanol–water partition coefficient (Wildman–Crippen LogP) is 2.39. The molecule has 62 valence electrons. The Hall–Kier alpha value is -1.40. The van der Waals surface area contributed by atoms with Crippen molar-refractivity contribution in [1.82, 2.24) is 0 Å². The minimum atomic E-state index is -0.0805. The molecule has 1 aromatic rings. The van der Waals surface area contributed by atoms with E-state index in [0.717, 1.165) is 5.56 Å². The second-order valence-corrected chi connectivity index (χ2v) is 2.81. The van der Waals surface area contributed by atoms with E-state index in [-0.39, 0.29) is 6.04 Å². The highest BCUT2D eigenvalue weighted by Gasteiger charge is 2.00. The summed E-state index contributed by atoms with van der Waals surface area (Å²) in [6.07, 6.45) is 1.56. The summed E-state index contributed by atoms with van der Waals surface area (Å²) >= 11 is 0. The molecule has 0 aliphatic carbocycles. The van der Waals surface area contributed by atoms with Crippen molar-refractivity contribution in [2.45, 2.75) is 19.9 Å². The lowest BCUT2D eigenvalue weighted by Crippen LogP contribution is -1.88. The van der Waals surface area contributed by atoms with Crippen LogP contribution in [0.25, 0.3) is 0 Å². The Labute approximate surface area is 71.9 Å². The number of aryl methyl sites for hydroxylation is 1. The van der Waals surface area contributed by atoms with Crippen molar-refractivity contribution in [3.8, 4) is 0 Å². The number of rotatable bonds is 2. The highest BCUT2D eigenvalue weighted by Crippen LogP contribution is 2.15. The standard InChI is InChI=1S/C10H11NO/c1-8-3-5-10(6-4-8)9(2)11-7-12/h3-6,9H,1-2H3. The molecule has 0 aliphatic heterocycles. The number of hydrogen-bond donors (Lipinski definition) is 0. The molecule has 0 N–H and O–H groups in total. The van der Waals surface area contributed by atoms with Crippen molar-refractivity contribution in [1.29, 1.82) is 0 Å². The van der Waals surface area contributed by atoms with E-state index in [1.807, 2.05) is 38.1 Å². The average molecular weight is 161 g/mol. The van der Waals surface area contributed by atoms with Crippen molar-refractivity contribution in [2.75, 3.05) is 0 Å². The Balaban J connectivity index is 2.89. The summed E-state index contributed by atoms with van der Waals surface area (Å²) in [5, 5.41) is 0. The van der Waals surface area contributed by atoms with Crippen LogP contribution >= 0.6 is 0 Å². The second kappa shape index (κ2) is 3.84. The van der Waals surface area contributed by atoms with Crippen LogP contribution in [0, 0.1) is 6.92 Å². The number of benzene rings is 1. The lowest BCUT2D eigenvalue weighted by Gasteiger charge is -2.03. The molecule has 0 aromatic heterocycles. The molecular formula is C10H11NO. The van der Waals surface area contributed by atoms with E-state index in [1.54, 1.807) is 6.08 Å². The third kappa shape index (κ3) is 2.04. The molecule has 0 bridgehead atoms. The fourth-order valence-electron chi connectivity index (χ4n) is 0.999. The molecule has 0 saturated carbocycles. The summed E-state index contributed by atoms with van der Waals surface area (Å²) in [4.78, 5) is 13.6. The first kappa shape index (κ1) is 8.69. The van der Waals surface area contributed by atoms with Gasteiger partial charge >= 0.3 is 0 Å². The average Bonchev–Trinajstić information content (AvgIpc) is 2.06. The molecule has 0 saturated heterocycles. The van der Waals surface area contributed by atoms with E-state index in [1.165, 1.54) is 5.56 Å². The zero-order chi connectivity index (χ0) is 8.97. The van der Waals surface area contributed by atoms with Gasteiger partial charge in [-0.05, 0) is 19.4 Å². The Morgan fingerprint density at radius 2 is 1.92 bits per heavy atom. The highest BCUT2D eigenvalue weighted by atomic mass is 16.1. The van der Waals surface area contributed by atoms with Crippen LogP contribution in [0.2, 0.25) is 0 Å². The predicted molar refractivity (Wildman–Crippen MR) is 47.7 cm³/mol. The van der Waals surface area contributed by atoms with Crippen LogP contribution < -0.4 is 0 Å². The van der Waals surface area contributed by atoms with Crippen molar-refractivity contribution < 1.29 is 4.79 Å². The Morgan fingerprint density at radius 1 is 1.33 bits per heavy atom.